The highest BCUT2D eigenvalue weighted by atomic mass is 16.5. The van der Waals surface area contributed by atoms with Crippen molar-refractivity contribution in [3.63, 3.8) is 0 Å². The molecule has 0 aliphatic carbocycles. The Morgan fingerprint density at radius 3 is 2.96 bits per heavy atom. The molecule has 3 rings (SSSR count). The molecule has 2 aromatic heterocycles. The highest BCUT2D eigenvalue weighted by Gasteiger charge is 2.35. The van der Waals surface area contributed by atoms with Crippen LogP contribution in [0.1, 0.15) is 18.4 Å². The molecule has 1 aliphatic heterocycles. The maximum atomic E-state index is 12.7. The van der Waals surface area contributed by atoms with E-state index < -0.39 is 0 Å². The summed E-state index contributed by atoms with van der Waals surface area (Å²) in [5, 5.41) is 4.14. The second-order valence-electron chi connectivity index (χ2n) is 6.32. The van der Waals surface area contributed by atoms with Gasteiger partial charge in [0.05, 0.1) is 24.5 Å². The van der Waals surface area contributed by atoms with Gasteiger partial charge in [-0.3, -0.25) is 14.5 Å². The molecular formula is C18H24N4O3. The molecule has 7 nitrogen and oxygen atoms in total. The molecule has 25 heavy (non-hydrogen) atoms. The highest BCUT2D eigenvalue weighted by Crippen LogP contribution is 2.22. The number of amides is 1. The van der Waals surface area contributed by atoms with Crippen molar-refractivity contribution >= 4 is 5.91 Å². The third-order valence-corrected chi connectivity index (χ3v) is 4.49. The predicted molar refractivity (Wildman–Crippen MR) is 92.2 cm³/mol. The molecule has 0 spiro atoms. The molecule has 0 saturated carbocycles. The van der Waals surface area contributed by atoms with Gasteiger partial charge in [0.2, 0.25) is 5.91 Å². The van der Waals surface area contributed by atoms with E-state index in [0.29, 0.717) is 31.7 Å². The van der Waals surface area contributed by atoms with Gasteiger partial charge in [0, 0.05) is 39.5 Å². The summed E-state index contributed by atoms with van der Waals surface area (Å²) in [6.07, 6.45) is 9.13. The Bertz CT molecular complexity index is 689. The van der Waals surface area contributed by atoms with E-state index in [-0.39, 0.29) is 18.1 Å². The number of hydrogen-bond donors (Lipinski definition) is 0. The second kappa shape index (κ2) is 8.11. The minimum Gasteiger partial charge on any atom is -0.490 e. The summed E-state index contributed by atoms with van der Waals surface area (Å²) in [6.45, 7) is 1.06. The fourth-order valence-corrected chi connectivity index (χ4v) is 3.13. The van der Waals surface area contributed by atoms with Gasteiger partial charge in [0.1, 0.15) is 12.4 Å². The largest absolute Gasteiger partial charge is 0.490 e. The van der Waals surface area contributed by atoms with Gasteiger partial charge in [-0.1, -0.05) is 0 Å². The van der Waals surface area contributed by atoms with Crippen molar-refractivity contribution in [2.75, 3.05) is 20.3 Å². The Morgan fingerprint density at radius 2 is 2.28 bits per heavy atom. The van der Waals surface area contributed by atoms with Crippen LogP contribution in [0.2, 0.25) is 0 Å². The molecule has 0 bridgehead atoms. The highest BCUT2D eigenvalue weighted by molar-refractivity contribution is 5.77. The van der Waals surface area contributed by atoms with Crippen molar-refractivity contribution in [1.82, 2.24) is 19.7 Å². The van der Waals surface area contributed by atoms with Crippen molar-refractivity contribution in [3.05, 3.63) is 42.5 Å². The molecule has 134 valence electrons. The SMILES string of the molecule is CO[C@@H]1C[C@@H](COc2cccnc2)N(C(=O)CCc2cnn(C)c2)C1. The van der Waals surface area contributed by atoms with Crippen LogP contribution in [0, 0.1) is 0 Å². The lowest BCUT2D eigenvalue weighted by Gasteiger charge is -2.24. The minimum atomic E-state index is 0.0200. The Morgan fingerprint density at radius 1 is 1.40 bits per heavy atom. The van der Waals surface area contributed by atoms with Gasteiger partial charge in [0.25, 0.3) is 0 Å². The molecule has 0 unspecified atom stereocenters. The van der Waals surface area contributed by atoms with Crippen molar-refractivity contribution in [2.45, 2.75) is 31.4 Å². The molecule has 0 N–H and O–H groups in total. The van der Waals surface area contributed by atoms with Crippen LogP contribution in [-0.2, 0) is 23.0 Å². The first-order valence-corrected chi connectivity index (χ1v) is 8.48. The zero-order chi connectivity index (χ0) is 17.6. The summed E-state index contributed by atoms with van der Waals surface area (Å²) >= 11 is 0. The number of pyridine rings is 1. The summed E-state index contributed by atoms with van der Waals surface area (Å²) < 4.78 is 13.0. The van der Waals surface area contributed by atoms with E-state index in [1.807, 2.05) is 30.3 Å². The van der Waals surface area contributed by atoms with Crippen LogP contribution in [0.25, 0.3) is 0 Å². The summed E-state index contributed by atoms with van der Waals surface area (Å²) in [5.41, 5.74) is 1.07. The number of nitrogens with zero attached hydrogens (tertiary/aromatic N) is 4. The van der Waals surface area contributed by atoms with Crippen LogP contribution in [0.4, 0.5) is 0 Å². The Balaban J connectivity index is 1.57. The van der Waals surface area contributed by atoms with E-state index >= 15 is 0 Å². The molecule has 7 heteroatoms. The maximum Gasteiger partial charge on any atom is 0.223 e. The number of aryl methyl sites for hydroxylation is 2. The average Bonchev–Trinajstić information content (AvgIpc) is 3.24. The number of carbonyl (C=O) groups excluding carboxylic acids is 1. The van der Waals surface area contributed by atoms with E-state index in [0.717, 1.165) is 12.0 Å². The molecule has 1 saturated heterocycles. The quantitative estimate of drug-likeness (QED) is 0.760. The third-order valence-electron chi connectivity index (χ3n) is 4.49. The number of aromatic nitrogens is 3. The van der Waals surface area contributed by atoms with E-state index in [1.54, 1.807) is 30.4 Å². The first-order chi connectivity index (χ1) is 12.2. The van der Waals surface area contributed by atoms with E-state index in [9.17, 15) is 4.79 Å². The molecule has 1 fully saturated rings. The van der Waals surface area contributed by atoms with Crippen molar-refractivity contribution in [1.29, 1.82) is 0 Å². The van der Waals surface area contributed by atoms with Crippen molar-refractivity contribution in [2.24, 2.45) is 7.05 Å². The Labute approximate surface area is 147 Å². The zero-order valence-electron chi connectivity index (χ0n) is 14.7. The number of ether oxygens (including phenoxy) is 2. The van der Waals surface area contributed by atoms with Gasteiger partial charge in [-0.15, -0.1) is 0 Å². The molecule has 2 aromatic rings. The van der Waals surface area contributed by atoms with Crippen LogP contribution in [0.3, 0.4) is 0 Å². The predicted octanol–water partition coefficient (Wildman–Crippen LogP) is 1.44. The van der Waals surface area contributed by atoms with Crippen LogP contribution >= 0.6 is 0 Å². The first-order valence-electron chi connectivity index (χ1n) is 8.48. The lowest BCUT2D eigenvalue weighted by molar-refractivity contribution is -0.132. The lowest BCUT2D eigenvalue weighted by atomic mass is 10.1. The van der Waals surface area contributed by atoms with Gasteiger partial charge in [-0.05, 0) is 30.5 Å². The van der Waals surface area contributed by atoms with Gasteiger partial charge < -0.3 is 14.4 Å². The third kappa shape index (κ3) is 4.57. The van der Waals surface area contributed by atoms with E-state index in [2.05, 4.69) is 10.1 Å². The van der Waals surface area contributed by atoms with Crippen molar-refractivity contribution < 1.29 is 14.3 Å². The fraction of sp³-hybridized carbons (Fsp3) is 0.500. The Hall–Kier alpha value is -2.41. The Kier molecular flexibility index (Phi) is 5.65. The summed E-state index contributed by atoms with van der Waals surface area (Å²) in [6, 6.07) is 3.72. The van der Waals surface area contributed by atoms with Gasteiger partial charge in [-0.25, -0.2) is 0 Å². The molecule has 0 aromatic carbocycles. The molecule has 1 aliphatic rings. The lowest BCUT2D eigenvalue weighted by Crippen LogP contribution is -2.39. The van der Waals surface area contributed by atoms with Crippen molar-refractivity contribution in [3.8, 4) is 5.75 Å². The van der Waals surface area contributed by atoms with Gasteiger partial charge in [0.15, 0.2) is 0 Å². The second-order valence-corrected chi connectivity index (χ2v) is 6.32. The van der Waals surface area contributed by atoms with E-state index in [1.165, 1.54) is 0 Å². The molecule has 0 radical (unpaired) electrons. The van der Waals surface area contributed by atoms with Crippen LogP contribution < -0.4 is 4.74 Å². The zero-order valence-corrected chi connectivity index (χ0v) is 14.7. The number of rotatable bonds is 7. The maximum absolute atomic E-state index is 12.7. The normalized spacial score (nSPS) is 20.0. The molecule has 2 atom stereocenters. The molecule has 1 amide bonds. The summed E-state index contributed by atoms with van der Waals surface area (Å²) in [4.78, 5) is 18.6. The standard InChI is InChI=1S/C18H24N4O3/c1-21-11-14(9-20-21)5-6-18(23)22-12-17(24-2)8-15(22)13-25-16-4-3-7-19-10-16/h3-4,7,9-11,15,17H,5-6,8,12-13H2,1-2H3/t15-,17+/m0/s1. The summed E-state index contributed by atoms with van der Waals surface area (Å²) in [5.74, 6) is 0.842. The van der Waals surface area contributed by atoms with Crippen LogP contribution in [0.5, 0.6) is 5.75 Å². The topological polar surface area (TPSA) is 69.5 Å². The molecular weight excluding hydrogens is 320 g/mol. The fourth-order valence-electron chi connectivity index (χ4n) is 3.13. The molecule has 3 heterocycles. The number of hydrogen-bond acceptors (Lipinski definition) is 5. The smallest absolute Gasteiger partial charge is 0.223 e. The summed E-state index contributed by atoms with van der Waals surface area (Å²) in [7, 11) is 3.56. The number of carbonyl (C=O) groups is 1. The monoisotopic (exact) mass is 344 g/mol. The number of likely N-dealkylation sites (tertiary alicyclic amines) is 1. The van der Waals surface area contributed by atoms with Gasteiger partial charge in [-0.2, -0.15) is 5.10 Å². The van der Waals surface area contributed by atoms with E-state index in [4.69, 9.17) is 9.47 Å². The van der Waals surface area contributed by atoms with Gasteiger partial charge >= 0.3 is 0 Å². The number of methoxy groups -OCH3 is 1. The van der Waals surface area contributed by atoms with Crippen LogP contribution in [-0.4, -0.2) is 58.0 Å². The average molecular weight is 344 g/mol. The first kappa shape index (κ1) is 17.4. The minimum absolute atomic E-state index is 0.0200. The van der Waals surface area contributed by atoms with Crippen LogP contribution in [0.15, 0.2) is 36.9 Å².